The third-order valence-corrected chi connectivity index (χ3v) is 5.14. The second-order valence-electron chi connectivity index (χ2n) is 6.00. The summed E-state index contributed by atoms with van der Waals surface area (Å²) in [6.45, 7) is 0. The predicted octanol–water partition coefficient (Wildman–Crippen LogP) is 6.18. The fourth-order valence-electron chi connectivity index (χ4n) is 2.93. The Hall–Kier alpha value is -1.92. The van der Waals surface area contributed by atoms with E-state index < -0.39 is 5.97 Å². The zero-order chi connectivity index (χ0) is 21.6. The van der Waals surface area contributed by atoms with Gasteiger partial charge < -0.3 is 15.4 Å². The zero-order valence-corrected chi connectivity index (χ0v) is 18.4. The highest BCUT2D eigenvalue weighted by Crippen LogP contribution is 2.34. The van der Waals surface area contributed by atoms with E-state index in [2.05, 4.69) is 21.9 Å². The molecule has 29 heavy (non-hydrogen) atoms. The maximum absolute atomic E-state index is 12.3. The summed E-state index contributed by atoms with van der Waals surface area (Å²) in [6.07, 6.45) is 1.80. The zero-order valence-electron chi connectivity index (χ0n) is 15.4. The summed E-state index contributed by atoms with van der Waals surface area (Å²) < 4.78 is 0. The number of hydrogen-bond acceptors (Lipinski definition) is 2. The number of carbonyl (C=O) groups excluding carboxylic acids is 1. The van der Waals surface area contributed by atoms with Crippen molar-refractivity contribution in [3.8, 4) is 0 Å². The third kappa shape index (κ3) is 6.03. The maximum atomic E-state index is 12.3. The van der Waals surface area contributed by atoms with Crippen molar-refractivity contribution in [2.24, 2.45) is 0 Å². The maximum Gasteiger partial charge on any atom is 0.309 e. The van der Waals surface area contributed by atoms with Crippen molar-refractivity contribution in [2.45, 2.75) is 19.3 Å². The summed E-state index contributed by atoms with van der Waals surface area (Å²) in [4.78, 5) is 26.5. The normalized spacial score (nSPS) is 10.4. The SMILES string of the molecule is CCl.O=C(O)Cc1[nH]c2c(Cl)c(Cl)ccc2c1CCC(=O)Nc1cccc(Cl)c1. The molecule has 3 N–H and O–H groups in total. The minimum absolute atomic E-state index is 0.173. The number of amides is 1. The molecule has 0 unspecified atom stereocenters. The van der Waals surface area contributed by atoms with E-state index >= 15 is 0 Å². The highest BCUT2D eigenvalue weighted by Gasteiger charge is 2.18. The molecular weight excluding hydrogens is 458 g/mol. The number of aliphatic carboxylic acids is 1. The largest absolute Gasteiger partial charge is 0.481 e. The van der Waals surface area contributed by atoms with Crippen LogP contribution in [0.1, 0.15) is 17.7 Å². The average molecular weight is 476 g/mol. The summed E-state index contributed by atoms with van der Waals surface area (Å²) >= 11 is 22.8. The Labute approximate surface area is 187 Å². The van der Waals surface area contributed by atoms with E-state index in [1.165, 1.54) is 6.38 Å². The number of carboxylic acid groups (broad SMARTS) is 1. The molecule has 0 aliphatic carbocycles. The highest BCUT2D eigenvalue weighted by molar-refractivity contribution is 6.45. The van der Waals surface area contributed by atoms with Crippen molar-refractivity contribution < 1.29 is 14.7 Å². The Morgan fingerprint density at radius 2 is 1.83 bits per heavy atom. The number of halogens is 4. The van der Waals surface area contributed by atoms with Gasteiger partial charge in [-0.25, -0.2) is 0 Å². The minimum Gasteiger partial charge on any atom is -0.481 e. The summed E-state index contributed by atoms with van der Waals surface area (Å²) in [5.41, 5.74) is 2.43. The molecule has 0 aliphatic heterocycles. The van der Waals surface area contributed by atoms with Crippen LogP contribution in [0.25, 0.3) is 10.9 Å². The topological polar surface area (TPSA) is 82.2 Å². The molecule has 1 amide bonds. The van der Waals surface area contributed by atoms with Crippen molar-refractivity contribution >= 4 is 74.9 Å². The number of H-pyrrole nitrogens is 1. The molecular formula is C20H18Cl4N2O3. The number of benzene rings is 2. The number of fused-ring (bicyclic) bond motifs is 1. The third-order valence-electron chi connectivity index (χ3n) is 4.10. The fourth-order valence-corrected chi connectivity index (χ4v) is 3.49. The Morgan fingerprint density at radius 3 is 2.48 bits per heavy atom. The van der Waals surface area contributed by atoms with E-state index in [9.17, 15) is 9.59 Å². The fraction of sp³-hybridized carbons (Fsp3) is 0.200. The van der Waals surface area contributed by atoms with E-state index in [1.807, 2.05) is 0 Å². The van der Waals surface area contributed by atoms with Gasteiger partial charge in [-0.05, 0) is 36.2 Å². The highest BCUT2D eigenvalue weighted by atomic mass is 35.5. The molecule has 5 nitrogen and oxygen atoms in total. The van der Waals surface area contributed by atoms with Crippen LogP contribution in [-0.2, 0) is 22.4 Å². The van der Waals surface area contributed by atoms with Crippen LogP contribution in [0.15, 0.2) is 36.4 Å². The van der Waals surface area contributed by atoms with E-state index in [0.717, 1.165) is 10.9 Å². The number of aromatic amines is 1. The van der Waals surface area contributed by atoms with Crippen LogP contribution in [0.2, 0.25) is 15.1 Å². The first-order valence-corrected chi connectivity index (χ1v) is 10.4. The van der Waals surface area contributed by atoms with Crippen LogP contribution in [0.3, 0.4) is 0 Å². The van der Waals surface area contributed by atoms with Gasteiger partial charge in [-0.3, -0.25) is 9.59 Å². The molecule has 0 spiro atoms. The number of aromatic nitrogens is 1. The Bertz CT molecular complexity index is 1030. The molecule has 0 fully saturated rings. The number of hydrogen-bond donors (Lipinski definition) is 3. The van der Waals surface area contributed by atoms with Crippen LogP contribution in [-0.4, -0.2) is 28.3 Å². The van der Waals surface area contributed by atoms with Gasteiger partial charge in [-0.2, -0.15) is 0 Å². The molecule has 0 saturated carbocycles. The molecule has 9 heteroatoms. The van der Waals surface area contributed by atoms with E-state index in [4.69, 9.17) is 39.9 Å². The molecule has 0 saturated heterocycles. The van der Waals surface area contributed by atoms with Crippen LogP contribution in [0, 0.1) is 0 Å². The molecule has 0 atom stereocenters. The van der Waals surface area contributed by atoms with Gasteiger partial charge in [0.25, 0.3) is 0 Å². The van der Waals surface area contributed by atoms with Gasteiger partial charge >= 0.3 is 5.97 Å². The van der Waals surface area contributed by atoms with Crippen LogP contribution < -0.4 is 5.32 Å². The number of carboxylic acids is 1. The lowest BCUT2D eigenvalue weighted by Crippen LogP contribution is -2.13. The molecule has 3 rings (SSSR count). The van der Waals surface area contributed by atoms with Crippen molar-refractivity contribution in [1.29, 1.82) is 0 Å². The predicted molar refractivity (Wildman–Crippen MR) is 120 cm³/mol. The van der Waals surface area contributed by atoms with Crippen LogP contribution in [0.5, 0.6) is 0 Å². The van der Waals surface area contributed by atoms with Gasteiger partial charge in [-0.1, -0.05) is 46.9 Å². The second kappa shape index (κ2) is 10.7. The number of anilines is 1. The molecule has 0 aliphatic rings. The lowest BCUT2D eigenvalue weighted by molar-refractivity contribution is -0.136. The molecule has 0 bridgehead atoms. The molecule has 1 aromatic heterocycles. The molecule has 154 valence electrons. The first-order valence-electron chi connectivity index (χ1n) is 8.47. The van der Waals surface area contributed by atoms with Gasteiger partial charge in [0.1, 0.15) is 0 Å². The Morgan fingerprint density at radius 1 is 1.10 bits per heavy atom. The summed E-state index contributed by atoms with van der Waals surface area (Å²) in [6, 6.07) is 10.3. The first kappa shape index (κ1) is 23.4. The van der Waals surface area contributed by atoms with E-state index in [1.54, 1.807) is 36.4 Å². The average Bonchev–Trinajstić information content (AvgIpc) is 3.02. The van der Waals surface area contributed by atoms with Gasteiger partial charge in [0.15, 0.2) is 0 Å². The quantitative estimate of drug-likeness (QED) is 0.372. The van der Waals surface area contributed by atoms with Crippen molar-refractivity contribution in [2.75, 3.05) is 11.7 Å². The minimum atomic E-state index is -0.978. The molecule has 0 radical (unpaired) electrons. The number of nitrogens with one attached hydrogen (secondary N) is 2. The van der Waals surface area contributed by atoms with Crippen molar-refractivity contribution in [3.63, 3.8) is 0 Å². The standard InChI is InChI=1S/C19H15Cl3N2O3.CH3Cl/c20-10-2-1-3-11(8-10)23-16(25)7-5-12-13-4-6-14(21)18(22)19(13)24-15(12)9-17(26)27;1-2/h1-4,6,8,24H,5,7,9H2,(H,23,25)(H,26,27);1H3. The number of rotatable bonds is 6. The summed E-state index contributed by atoms with van der Waals surface area (Å²) in [5, 5.41) is 13.9. The summed E-state index contributed by atoms with van der Waals surface area (Å²) in [5.74, 6) is -1.18. The van der Waals surface area contributed by atoms with Crippen LogP contribution >= 0.6 is 46.4 Å². The second-order valence-corrected chi connectivity index (χ2v) is 7.22. The molecule has 3 aromatic rings. The lowest BCUT2D eigenvalue weighted by Gasteiger charge is -2.07. The monoisotopic (exact) mass is 474 g/mol. The van der Waals surface area contributed by atoms with Gasteiger partial charge in [-0.15, -0.1) is 11.6 Å². The number of carbonyl (C=O) groups is 2. The number of aryl methyl sites for hydroxylation is 1. The van der Waals surface area contributed by atoms with E-state index in [0.29, 0.717) is 38.4 Å². The lowest BCUT2D eigenvalue weighted by atomic mass is 10.0. The van der Waals surface area contributed by atoms with E-state index in [-0.39, 0.29) is 18.7 Å². The summed E-state index contributed by atoms with van der Waals surface area (Å²) in [7, 11) is 0. The Balaban J connectivity index is 0.00000145. The van der Waals surface area contributed by atoms with Gasteiger partial charge in [0.05, 0.1) is 22.0 Å². The Kier molecular flexibility index (Phi) is 8.65. The molecule has 2 aromatic carbocycles. The van der Waals surface area contributed by atoms with Crippen LogP contribution in [0.4, 0.5) is 5.69 Å². The van der Waals surface area contributed by atoms with Gasteiger partial charge in [0, 0.05) is 34.6 Å². The van der Waals surface area contributed by atoms with Crippen molar-refractivity contribution in [1.82, 2.24) is 4.98 Å². The van der Waals surface area contributed by atoms with Gasteiger partial charge in [0.2, 0.25) is 5.91 Å². The molecule has 1 heterocycles. The van der Waals surface area contributed by atoms with Crippen molar-refractivity contribution in [3.05, 3.63) is 62.7 Å². The first-order chi connectivity index (χ1) is 13.8. The number of alkyl halides is 1. The smallest absolute Gasteiger partial charge is 0.309 e.